The fraction of sp³-hybridized carbons (Fsp3) is 0.211. The predicted molar refractivity (Wildman–Crippen MR) is 102 cm³/mol. The van der Waals surface area contributed by atoms with E-state index in [1.165, 1.54) is 11.8 Å². The number of rotatable bonds is 7. The fourth-order valence-electron chi connectivity index (χ4n) is 2.35. The number of pyridine rings is 1. The summed E-state index contributed by atoms with van der Waals surface area (Å²) in [5.74, 6) is 1.52. The Morgan fingerprint density at radius 3 is 2.77 bits per heavy atom. The fourth-order valence-corrected chi connectivity index (χ4v) is 3.24. The largest absolute Gasteiger partial charge is 0.497 e. The Morgan fingerprint density at radius 2 is 2.08 bits per heavy atom. The number of aromatic nitrogens is 3. The van der Waals surface area contributed by atoms with Gasteiger partial charge in [0.05, 0.1) is 12.4 Å². The van der Waals surface area contributed by atoms with Crippen molar-refractivity contribution < 1.29 is 9.53 Å². The molecule has 3 aromatic rings. The number of benzene rings is 1. The van der Waals surface area contributed by atoms with Gasteiger partial charge in [-0.05, 0) is 55.0 Å². The number of amides is 1. The zero-order chi connectivity index (χ0) is 18.4. The number of carbonyl (C=O) groups is 1. The minimum Gasteiger partial charge on any atom is -0.497 e. The van der Waals surface area contributed by atoms with E-state index in [-0.39, 0.29) is 11.2 Å². The molecule has 3 rings (SSSR count). The maximum atomic E-state index is 12.4. The average molecular weight is 368 g/mol. The highest BCUT2D eigenvalue weighted by Crippen LogP contribution is 2.25. The van der Waals surface area contributed by atoms with Gasteiger partial charge in [-0.25, -0.2) is 9.67 Å². The summed E-state index contributed by atoms with van der Waals surface area (Å²) in [4.78, 5) is 17.7. The van der Waals surface area contributed by atoms with Crippen molar-refractivity contribution in [3.63, 3.8) is 0 Å². The molecule has 7 heteroatoms. The van der Waals surface area contributed by atoms with Crippen molar-refractivity contribution in [2.45, 2.75) is 23.6 Å². The SMILES string of the molecule is COc1ccc(S[C@H](C)C(=O)NCc2ccnc(-n3cccn3)c2)cc1. The lowest BCUT2D eigenvalue weighted by Crippen LogP contribution is -2.30. The number of ether oxygens (including phenoxy) is 1. The highest BCUT2D eigenvalue weighted by Gasteiger charge is 2.14. The topological polar surface area (TPSA) is 69.0 Å². The summed E-state index contributed by atoms with van der Waals surface area (Å²) in [6.07, 6.45) is 5.25. The van der Waals surface area contributed by atoms with Gasteiger partial charge in [-0.1, -0.05) is 0 Å². The van der Waals surface area contributed by atoms with E-state index in [1.807, 2.05) is 55.6 Å². The third-order valence-electron chi connectivity index (χ3n) is 3.76. The van der Waals surface area contributed by atoms with Crippen molar-refractivity contribution in [2.75, 3.05) is 7.11 Å². The molecule has 26 heavy (non-hydrogen) atoms. The van der Waals surface area contributed by atoms with Gasteiger partial charge in [0.25, 0.3) is 0 Å². The van der Waals surface area contributed by atoms with Crippen molar-refractivity contribution in [2.24, 2.45) is 0 Å². The van der Waals surface area contributed by atoms with Gasteiger partial charge in [0.2, 0.25) is 5.91 Å². The second-order valence-electron chi connectivity index (χ2n) is 5.63. The van der Waals surface area contributed by atoms with E-state index in [4.69, 9.17) is 4.74 Å². The minimum absolute atomic E-state index is 0.0109. The van der Waals surface area contributed by atoms with Crippen molar-refractivity contribution in [1.82, 2.24) is 20.1 Å². The molecule has 0 aliphatic rings. The molecule has 0 unspecified atom stereocenters. The first kappa shape index (κ1) is 18.0. The van der Waals surface area contributed by atoms with Crippen LogP contribution in [0.2, 0.25) is 0 Å². The van der Waals surface area contributed by atoms with E-state index in [9.17, 15) is 4.79 Å². The number of thioether (sulfide) groups is 1. The van der Waals surface area contributed by atoms with Crippen LogP contribution in [0.3, 0.4) is 0 Å². The smallest absolute Gasteiger partial charge is 0.233 e. The molecule has 1 N–H and O–H groups in total. The molecule has 0 fully saturated rings. The Bertz CT molecular complexity index is 850. The maximum absolute atomic E-state index is 12.4. The van der Waals surface area contributed by atoms with Gasteiger partial charge in [-0.15, -0.1) is 11.8 Å². The van der Waals surface area contributed by atoms with Crippen LogP contribution in [0.5, 0.6) is 5.75 Å². The highest BCUT2D eigenvalue weighted by molar-refractivity contribution is 8.00. The van der Waals surface area contributed by atoms with Crippen LogP contribution in [0.4, 0.5) is 0 Å². The molecule has 1 atom stereocenters. The Kier molecular flexibility index (Phi) is 5.91. The molecule has 0 aliphatic carbocycles. The van der Waals surface area contributed by atoms with E-state index < -0.39 is 0 Å². The van der Waals surface area contributed by atoms with Gasteiger partial charge < -0.3 is 10.1 Å². The molecule has 2 aromatic heterocycles. The first-order valence-electron chi connectivity index (χ1n) is 8.19. The van der Waals surface area contributed by atoms with Gasteiger partial charge in [-0.2, -0.15) is 5.10 Å². The Balaban J connectivity index is 1.55. The van der Waals surface area contributed by atoms with E-state index in [0.717, 1.165) is 22.0 Å². The van der Waals surface area contributed by atoms with Gasteiger partial charge in [0, 0.05) is 30.0 Å². The first-order valence-corrected chi connectivity index (χ1v) is 9.07. The zero-order valence-electron chi connectivity index (χ0n) is 14.6. The lowest BCUT2D eigenvalue weighted by molar-refractivity contribution is -0.120. The lowest BCUT2D eigenvalue weighted by Gasteiger charge is -2.12. The summed E-state index contributed by atoms with van der Waals surface area (Å²) in [7, 11) is 1.63. The van der Waals surface area contributed by atoms with E-state index in [1.54, 1.807) is 24.2 Å². The molecule has 0 saturated carbocycles. The summed E-state index contributed by atoms with van der Waals surface area (Å²) in [5, 5.41) is 6.94. The van der Waals surface area contributed by atoms with Crippen LogP contribution in [0.15, 0.2) is 66.0 Å². The Labute approximate surface area is 156 Å². The predicted octanol–water partition coefficient (Wildman–Crippen LogP) is 3.07. The van der Waals surface area contributed by atoms with Gasteiger partial charge in [0.1, 0.15) is 5.75 Å². The van der Waals surface area contributed by atoms with Crippen LogP contribution in [0.1, 0.15) is 12.5 Å². The lowest BCUT2D eigenvalue weighted by atomic mass is 10.2. The van der Waals surface area contributed by atoms with E-state index in [2.05, 4.69) is 15.4 Å². The van der Waals surface area contributed by atoms with Crippen LogP contribution in [-0.4, -0.2) is 33.0 Å². The maximum Gasteiger partial charge on any atom is 0.233 e. The van der Waals surface area contributed by atoms with Crippen LogP contribution in [0, 0.1) is 0 Å². The quantitative estimate of drug-likeness (QED) is 0.649. The number of hydrogen-bond acceptors (Lipinski definition) is 5. The minimum atomic E-state index is -0.198. The Morgan fingerprint density at radius 1 is 1.27 bits per heavy atom. The number of nitrogens with one attached hydrogen (secondary N) is 1. The third kappa shape index (κ3) is 4.64. The molecule has 1 aromatic carbocycles. The number of hydrogen-bond donors (Lipinski definition) is 1. The Hall–Kier alpha value is -2.80. The normalized spacial score (nSPS) is 11.8. The second-order valence-corrected chi connectivity index (χ2v) is 7.04. The third-order valence-corrected chi connectivity index (χ3v) is 4.87. The van der Waals surface area contributed by atoms with Crippen LogP contribution < -0.4 is 10.1 Å². The number of methoxy groups -OCH3 is 1. The summed E-state index contributed by atoms with van der Waals surface area (Å²) >= 11 is 1.51. The van der Waals surface area contributed by atoms with Crippen LogP contribution >= 0.6 is 11.8 Å². The summed E-state index contributed by atoms with van der Waals surface area (Å²) in [5.41, 5.74) is 0.973. The zero-order valence-corrected chi connectivity index (χ0v) is 15.4. The highest BCUT2D eigenvalue weighted by atomic mass is 32.2. The average Bonchev–Trinajstić information content (AvgIpc) is 3.22. The van der Waals surface area contributed by atoms with Gasteiger partial charge in [-0.3, -0.25) is 4.79 Å². The molecule has 0 bridgehead atoms. The summed E-state index contributed by atoms with van der Waals surface area (Å²) in [6, 6.07) is 13.3. The van der Waals surface area contributed by atoms with Crippen LogP contribution in [-0.2, 0) is 11.3 Å². The molecule has 0 aliphatic heterocycles. The number of nitrogens with zero attached hydrogens (tertiary/aromatic N) is 3. The number of carbonyl (C=O) groups excluding carboxylic acids is 1. The molecule has 1 amide bonds. The van der Waals surface area contributed by atoms with Crippen molar-refractivity contribution >= 4 is 17.7 Å². The summed E-state index contributed by atoms with van der Waals surface area (Å²) in [6.45, 7) is 2.34. The van der Waals surface area contributed by atoms with E-state index in [0.29, 0.717) is 6.54 Å². The molecule has 2 heterocycles. The van der Waals surface area contributed by atoms with Crippen molar-refractivity contribution in [3.8, 4) is 11.6 Å². The van der Waals surface area contributed by atoms with Crippen LogP contribution in [0.25, 0.3) is 5.82 Å². The molecule has 134 valence electrons. The molecule has 0 spiro atoms. The van der Waals surface area contributed by atoms with Gasteiger partial charge >= 0.3 is 0 Å². The molecule has 0 radical (unpaired) electrons. The van der Waals surface area contributed by atoms with E-state index >= 15 is 0 Å². The van der Waals surface area contributed by atoms with Crippen molar-refractivity contribution in [1.29, 1.82) is 0 Å². The standard InChI is InChI=1S/C19H20N4O2S/c1-14(26-17-6-4-16(25-2)5-7-17)19(24)21-13-15-8-10-20-18(12-15)23-11-3-9-22-23/h3-12,14H,13H2,1-2H3,(H,21,24)/t14-/m1/s1. The molecule has 6 nitrogen and oxygen atoms in total. The first-order chi connectivity index (χ1) is 12.7. The molecule has 0 saturated heterocycles. The summed E-state index contributed by atoms with van der Waals surface area (Å²) < 4.78 is 6.83. The second kappa shape index (κ2) is 8.53. The molecular formula is C19H20N4O2S. The monoisotopic (exact) mass is 368 g/mol. The van der Waals surface area contributed by atoms with Gasteiger partial charge in [0.15, 0.2) is 5.82 Å². The molecular weight excluding hydrogens is 348 g/mol. The van der Waals surface area contributed by atoms with Crippen molar-refractivity contribution in [3.05, 3.63) is 66.6 Å².